The average molecular weight is 266 g/mol. The molecular weight excluding hydrogens is 239 g/mol. The van der Waals surface area contributed by atoms with Crippen LogP contribution in [0.25, 0.3) is 0 Å². The Balaban J connectivity index is 1.77. The predicted molar refractivity (Wildman–Crippen MR) is 78.3 cm³/mol. The van der Waals surface area contributed by atoms with Crippen LogP contribution in [0, 0.1) is 17.3 Å². The highest BCUT2D eigenvalue weighted by atomic mass is 28.3. The molecule has 4 heteroatoms. The van der Waals surface area contributed by atoms with E-state index in [0.29, 0.717) is 17.4 Å². The predicted octanol–water partition coefficient (Wildman–Crippen LogP) is 3.59. The zero-order chi connectivity index (χ0) is 13.3. The summed E-state index contributed by atoms with van der Waals surface area (Å²) in [7, 11) is -1.04. The molecule has 0 radical (unpaired) electrons. The van der Waals surface area contributed by atoms with E-state index in [9.17, 15) is 0 Å². The Bertz CT molecular complexity index is 365. The van der Waals surface area contributed by atoms with Crippen molar-refractivity contribution in [2.24, 2.45) is 17.3 Å². The smallest absolute Gasteiger partial charge is 0.406 e. The van der Waals surface area contributed by atoms with Crippen molar-refractivity contribution in [2.45, 2.75) is 70.9 Å². The summed E-state index contributed by atoms with van der Waals surface area (Å²) in [6.07, 6.45) is 2.92. The van der Waals surface area contributed by atoms with Crippen LogP contribution < -0.4 is 0 Å². The summed E-state index contributed by atoms with van der Waals surface area (Å²) in [6, 6.07) is 0. The molecule has 0 aromatic carbocycles. The second kappa shape index (κ2) is 3.64. The van der Waals surface area contributed by atoms with Crippen molar-refractivity contribution in [3.05, 3.63) is 0 Å². The van der Waals surface area contributed by atoms with Crippen LogP contribution in [0.3, 0.4) is 0 Å². The Labute approximate surface area is 113 Å². The third-order valence-corrected chi connectivity index (χ3v) is 7.34. The summed E-state index contributed by atoms with van der Waals surface area (Å²) >= 11 is 0. The topological polar surface area (TPSA) is 18.5 Å². The molecule has 1 heterocycles. The molecule has 1 saturated heterocycles. The molecule has 1 aliphatic heterocycles. The molecule has 4 fully saturated rings. The van der Waals surface area contributed by atoms with E-state index < -0.39 is 8.07 Å². The van der Waals surface area contributed by atoms with E-state index in [1.807, 2.05) is 0 Å². The average Bonchev–Trinajstić information content (AvgIpc) is 2.49. The van der Waals surface area contributed by atoms with Crippen LogP contribution in [0.5, 0.6) is 0 Å². The molecule has 18 heavy (non-hydrogen) atoms. The summed E-state index contributed by atoms with van der Waals surface area (Å²) < 4.78 is 12.7. The zero-order valence-electron chi connectivity index (χ0n) is 12.7. The van der Waals surface area contributed by atoms with Crippen molar-refractivity contribution in [1.29, 1.82) is 0 Å². The SMILES string of the molecule is CC1(C)[C@@H]2C[C@H]3OB(C[Si](C)(C)C)O[C@@]3(C)[C@H]1C2. The van der Waals surface area contributed by atoms with Crippen molar-refractivity contribution in [1.82, 2.24) is 0 Å². The van der Waals surface area contributed by atoms with Crippen molar-refractivity contribution in [3.8, 4) is 0 Å². The fraction of sp³-hybridized carbons (Fsp3) is 1.00. The molecule has 2 nitrogen and oxygen atoms in total. The zero-order valence-corrected chi connectivity index (χ0v) is 13.7. The molecule has 0 N–H and O–H groups in total. The lowest BCUT2D eigenvalue weighted by Crippen LogP contribution is -2.65. The fourth-order valence-electron chi connectivity index (χ4n) is 4.54. The maximum atomic E-state index is 6.43. The first-order chi connectivity index (χ1) is 8.13. The third kappa shape index (κ3) is 1.75. The van der Waals surface area contributed by atoms with Crippen LogP contribution in [0.2, 0.25) is 25.6 Å². The quantitative estimate of drug-likeness (QED) is 0.711. The molecule has 4 atom stereocenters. The van der Waals surface area contributed by atoms with E-state index in [2.05, 4.69) is 40.4 Å². The number of rotatable bonds is 2. The summed E-state index contributed by atoms with van der Waals surface area (Å²) in [5.41, 5.74) is 0.450. The molecule has 4 aliphatic rings. The molecule has 0 aromatic heterocycles. The monoisotopic (exact) mass is 266 g/mol. The van der Waals surface area contributed by atoms with E-state index in [0.717, 1.165) is 11.9 Å². The minimum atomic E-state index is -1.11. The summed E-state index contributed by atoms with van der Waals surface area (Å²) in [5, 5.41) is 0. The van der Waals surface area contributed by atoms with Gasteiger partial charge >= 0.3 is 7.12 Å². The van der Waals surface area contributed by atoms with Gasteiger partial charge in [0.1, 0.15) is 0 Å². The molecule has 0 amide bonds. The molecule has 0 spiro atoms. The van der Waals surface area contributed by atoms with E-state index in [1.165, 1.54) is 12.8 Å². The first-order valence-electron chi connectivity index (χ1n) is 7.46. The minimum absolute atomic E-state index is 0.0113. The molecule has 3 aliphatic carbocycles. The Morgan fingerprint density at radius 1 is 1.17 bits per heavy atom. The van der Waals surface area contributed by atoms with Gasteiger partial charge in [0, 0.05) is 8.07 Å². The van der Waals surface area contributed by atoms with E-state index >= 15 is 0 Å². The van der Waals surface area contributed by atoms with Gasteiger partial charge in [-0.2, -0.15) is 0 Å². The maximum absolute atomic E-state index is 6.43. The second-order valence-corrected chi connectivity index (χ2v) is 14.2. The summed E-state index contributed by atoms with van der Waals surface area (Å²) in [5.74, 6) is 2.69. The van der Waals surface area contributed by atoms with Gasteiger partial charge in [-0.3, -0.25) is 0 Å². The molecule has 2 bridgehead atoms. The van der Waals surface area contributed by atoms with Crippen LogP contribution in [0.4, 0.5) is 0 Å². The lowest BCUT2D eigenvalue weighted by molar-refractivity contribution is -0.199. The van der Waals surface area contributed by atoms with Gasteiger partial charge in [0.25, 0.3) is 0 Å². The van der Waals surface area contributed by atoms with Crippen LogP contribution in [-0.4, -0.2) is 26.9 Å². The highest BCUT2D eigenvalue weighted by Gasteiger charge is 2.67. The largest absolute Gasteiger partial charge is 0.454 e. The minimum Gasteiger partial charge on any atom is -0.406 e. The Morgan fingerprint density at radius 2 is 1.83 bits per heavy atom. The first kappa shape index (κ1) is 13.2. The molecule has 102 valence electrons. The molecular formula is C14H27BO2Si. The van der Waals surface area contributed by atoms with Gasteiger partial charge in [-0.15, -0.1) is 0 Å². The van der Waals surface area contributed by atoms with Gasteiger partial charge in [-0.25, -0.2) is 0 Å². The third-order valence-electron chi connectivity index (χ3n) is 5.78. The molecule has 0 unspecified atom stereocenters. The Morgan fingerprint density at radius 3 is 2.39 bits per heavy atom. The summed E-state index contributed by atoms with van der Waals surface area (Å²) in [6.45, 7) is 14.3. The van der Waals surface area contributed by atoms with Gasteiger partial charge in [0.15, 0.2) is 0 Å². The highest BCUT2D eigenvalue weighted by Crippen LogP contribution is 2.65. The van der Waals surface area contributed by atoms with Gasteiger partial charge in [0.2, 0.25) is 0 Å². The highest BCUT2D eigenvalue weighted by molar-refractivity contribution is 6.84. The maximum Gasteiger partial charge on any atom is 0.454 e. The first-order valence-corrected chi connectivity index (χ1v) is 11.2. The fourth-order valence-corrected chi connectivity index (χ4v) is 5.72. The second-order valence-electron chi connectivity index (χ2n) is 8.66. The number of hydrogen-bond acceptors (Lipinski definition) is 2. The Kier molecular flexibility index (Phi) is 2.67. The van der Waals surface area contributed by atoms with E-state index in [-0.39, 0.29) is 12.7 Å². The van der Waals surface area contributed by atoms with Crippen molar-refractivity contribution in [2.75, 3.05) is 0 Å². The van der Waals surface area contributed by atoms with Crippen molar-refractivity contribution < 1.29 is 9.31 Å². The standard InChI is InChI=1S/C14H27BO2Si/c1-13(2)10-7-11(13)14(3)12(8-10)16-15(17-14)9-18(4,5)6/h10-12H,7-9H2,1-6H3/t10-,11-,12+,14-/m0/s1. The van der Waals surface area contributed by atoms with Crippen LogP contribution in [0.15, 0.2) is 0 Å². The van der Waals surface area contributed by atoms with Gasteiger partial charge in [-0.05, 0) is 43.0 Å². The number of hydrogen-bond donors (Lipinski definition) is 0. The summed E-state index contributed by atoms with van der Waals surface area (Å²) in [4.78, 5) is 0. The molecule has 3 saturated carbocycles. The molecule has 4 rings (SSSR count). The van der Waals surface area contributed by atoms with Gasteiger partial charge in [-0.1, -0.05) is 33.5 Å². The molecule has 0 aromatic rings. The normalized spacial score (nSPS) is 45.7. The van der Waals surface area contributed by atoms with Gasteiger partial charge < -0.3 is 9.31 Å². The lowest BCUT2D eigenvalue weighted by atomic mass is 9.43. The van der Waals surface area contributed by atoms with Gasteiger partial charge in [0.05, 0.1) is 11.7 Å². The van der Waals surface area contributed by atoms with Crippen LogP contribution >= 0.6 is 0 Å². The van der Waals surface area contributed by atoms with E-state index in [4.69, 9.17) is 9.31 Å². The van der Waals surface area contributed by atoms with Crippen LogP contribution in [0.1, 0.15) is 33.6 Å². The Hall–Kier alpha value is 0.202. The van der Waals surface area contributed by atoms with Crippen molar-refractivity contribution in [3.63, 3.8) is 0 Å². The van der Waals surface area contributed by atoms with Crippen LogP contribution in [-0.2, 0) is 9.31 Å². The van der Waals surface area contributed by atoms with Crippen molar-refractivity contribution >= 4 is 15.2 Å². The lowest BCUT2D eigenvalue weighted by Gasteiger charge is -2.64. The van der Waals surface area contributed by atoms with E-state index in [1.54, 1.807) is 0 Å².